The minimum Gasteiger partial charge on any atom is -0.384 e. The van der Waals surface area contributed by atoms with Gasteiger partial charge < -0.3 is 14.7 Å². The van der Waals surface area contributed by atoms with Crippen LogP contribution in [0.1, 0.15) is 27.2 Å². The number of ether oxygens (including phenoxy) is 1. The Morgan fingerprint density at radius 1 is 1.50 bits per heavy atom. The summed E-state index contributed by atoms with van der Waals surface area (Å²) in [5.41, 5.74) is 0. The van der Waals surface area contributed by atoms with Gasteiger partial charge in [-0.1, -0.05) is 0 Å². The van der Waals surface area contributed by atoms with Gasteiger partial charge in [0.05, 0.1) is 12.2 Å². The van der Waals surface area contributed by atoms with Gasteiger partial charge in [-0.2, -0.15) is 0 Å². The van der Waals surface area contributed by atoms with Crippen molar-refractivity contribution in [3.05, 3.63) is 0 Å². The molecule has 0 aromatic carbocycles. The molecule has 1 N–H and O–H groups in total. The molecule has 4 heteroatoms. The maximum absolute atomic E-state index is 11.4. The van der Waals surface area contributed by atoms with Crippen LogP contribution in [0.25, 0.3) is 0 Å². The minimum absolute atomic E-state index is 0.137. The number of amides is 1. The third-order valence-electron chi connectivity index (χ3n) is 2.28. The molecule has 2 atom stereocenters. The highest BCUT2D eigenvalue weighted by molar-refractivity contribution is 5.80. The first kappa shape index (κ1) is 11.5. The molecule has 82 valence electrons. The van der Waals surface area contributed by atoms with E-state index in [2.05, 4.69) is 0 Å². The molecule has 1 aliphatic heterocycles. The highest BCUT2D eigenvalue weighted by Crippen LogP contribution is 2.15. The Bertz CT molecular complexity index is 204. The van der Waals surface area contributed by atoms with Crippen LogP contribution in [0.3, 0.4) is 0 Å². The number of aliphatic hydroxyl groups is 1. The van der Waals surface area contributed by atoms with Crippen LogP contribution in [0.15, 0.2) is 0 Å². The van der Waals surface area contributed by atoms with Gasteiger partial charge in [-0.3, -0.25) is 4.79 Å². The summed E-state index contributed by atoms with van der Waals surface area (Å²) >= 11 is 0. The second-order valence-electron chi connectivity index (χ2n) is 4.06. The molecule has 2 unspecified atom stereocenters. The second-order valence-corrected chi connectivity index (χ2v) is 4.06. The average Bonchev–Trinajstić information content (AvgIpc) is 2.50. The fraction of sp³-hybridized carbons (Fsp3) is 0.900. The molecular formula is C10H19NO3. The number of rotatable bonds is 3. The molecule has 1 heterocycles. The molecule has 1 amide bonds. The number of nitrogens with zero attached hydrogens (tertiary/aromatic N) is 1. The number of hydrogen-bond donors (Lipinski definition) is 1. The van der Waals surface area contributed by atoms with Crippen LogP contribution in [0.5, 0.6) is 0 Å². The predicted octanol–water partition coefficient (Wildman–Crippen LogP) is 0.393. The van der Waals surface area contributed by atoms with Gasteiger partial charge in [0.2, 0.25) is 0 Å². The lowest BCUT2D eigenvalue weighted by molar-refractivity contribution is -0.138. The number of likely N-dealkylation sites (tertiary alicyclic amines) is 1. The van der Waals surface area contributed by atoms with Crippen LogP contribution in [0.2, 0.25) is 0 Å². The molecule has 0 radical (unpaired) electrons. The first-order valence-corrected chi connectivity index (χ1v) is 5.13. The fourth-order valence-corrected chi connectivity index (χ4v) is 1.69. The summed E-state index contributed by atoms with van der Waals surface area (Å²) in [6.45, 7) is 6.78. The van der Waals surface area contributed by atoms with Crippen LogP contribution in [0.4, 0.5) is 0 Å². The molecule has 0 aromatic heterocycles. The van der Waals surface area contributed by atoms with E-state index in [0.29, 0.717) is 13.1 Å². The molecule has 1 fully saturated rings. The Balaban J connectivity index is 2.37. The maximum atomic E-state index is 11.4. The van der Waals surface area contributed by atoms with Crippen LogP contribution in [-0.2, 0) is 9.53 Å². The van der Waals surface area contributed by atoms with Crippen molar-refractivity contribution in [1.29, 1.82) is 0 Å². The molecule has 0 aromatic rings. The highest BCUT2D eigenvalue weighted by atomic mass is 16.5. The van der Waals surface area contributed by atoms with Gasteiger partial charge in [-0.05, 0) is 27.2 Å². The molecule has 1 rings (SSSR count). The Hall–Kier alpha value is -0.610. The van der Waals surface area contributed by atoms with Crippen LogP contribution in [0, 0.1) is 0 Å². The van der Waals surface area contributed by atoms with E-state index < -0.39 is 6.10 Å². The average molecular weight is 201 g/mol. The SMILES string of the molecule is CC(C)OC1CCN(C(=O)C(C)O)C1. The molecule has 14 heavy (non-hydrogen) atoms. The third kappa shape index (κ3) is 2.96. The number of carbonyl (C=O) groups is 1. The van der Waals surface area contributed by atoms with E-state index in [1.54, 1.807) is 4.90 Å². The first-order valence-electron chi connectivity index (χ1n) is 5.13. The Kier molecular flexibility index (Phi) is 3.89. The van der Waals surface area contributed by atoms with Gasteiger partial charge in [0.15, 0.2) is 0 Å². The Morgan fingerprint density at radius 2 is 2.14 bits per heavy atom. The number of aliphatic hydroxyl groups excluding tert-OH is 1. The van der Waals surface area contributed by atoms with E-state index in [1.165, 1.54) is 6.92 Å². The Labute approximate surface area is 84.8 Å². The molecular weight excluding hydrogens is 182 g/mol. The predicted molar refractivity (Wildman–Crippen MR) is 52.9 cm³/mol. The van der Waals surface area contributed by atoms with Gasteiger partial charge in [0, 0.05) is 13.1 Å². The van der Waals surface area contributed by atoms with Crippen LogP contribution >= 0.6 is 0 Å². The second kappa shape index (κ2) is 4.75. The standard InChI is InChI=1S/C10H19NO3/c1-7(2)14-9-4-5-11(6-9)10(13)8(3)12/h7-9,12H,4-6H2,1-3H3. The molecule has 0 saturated carbocycles. The quantitative estimate of drug-likeness (QED) is 0.718. The van der Waals surface area contributed by atoms with Gasteiger partial charge >= 0.3 is 0 Å². The van der Waals surface area contributed by atoms with E-state index in [-0.39, 0.29) is 18.1 Å². The van der Waals surface area contributed by atoms with E-state index in [1.807, 2.05) is 13.8 Å². The first-order chi connectivity index (χ1) is 6.50. The molecule has 4 nitrogen and oxygen atoms in total. The van der Waals surface area contributed by atoms with Gasteiger partial charge in [-0.15, -0.1) is 0 Å². The van der Waals surface area contributed by atoms with Crippen molar-refractivity contribution in [3.63, 3.8) is 0 Å². The van der Waals surface area contributed by atoms with Crippen LogP contribution < -0.4 is 0 Å². The Morgan fingerprint density at radius 3 is 2.64 bits per heavy atom. The molecule has 1 aliphatic rings. The van der Waals surface area contributed by atoms with Crippen molar-refractivity contribution in [1.82, 2.24) is 4.90 Å². The molecule has 0 spiro atoms. The van der Waals surface area contributed by atoms with Crippen molar-refractivity contribution in [2.24, 2.45) is 0 Å². The van der Waals surface area contributed by atoms with Gasteiger partial charge in [0.25, 0.3) is 5.91 Å². The van der Waals surface area contributed by atoms with E-state index >= 15 is 0 Å². The van der Waals surface area contributed by atoms with Crippen molar-refractivity contribution in [2.45, 2.75) is 45.5 Å². The normalized spacial score (nSPS) is 24.4. The molecule has 0 aliphatic carbocycles. The summed E-state index contributed by atoms with van der Waals surface area (Å²) in [5.74, 6) is -0.195. The summed E-state index contributed by atoms with van der Waals surface area (Å²) in [5, 5.41) is 9.12. The molecule has 1 saturated heterocycles. The summed E-state index contributed by atoms with van der Waals surface area (Å²) in [7, 11) is 0. The van der Waals surface area contributed by atoms with Crippen LogP contribution in [-0.4, -0.2) is 47.3 Å². The topological polar surface area (TPSA) is 49.8 Å². The third-order valence-corrected chi connectivity index (χ3v) is 2.28. The lowest BCUT2D eigenvalue weighted by Crippen LogP contribution is -2.37. The number of hydrogen-bond acceptors (Lipinski definition) is 3. The monoisotopic (exact) mass is 201 g/mol. The fourth-order valence-electron chi connectivity index (χ4n) is 1.69. The highest BCUT2D eigenvalue weighted by Gasteiger charge is 2.28. The minimum atomic E-state index is -0.896. The van der Waals surface area contributed by atoms with Crippen molar-refractivity contribution >= 4 is 5.91 Å². The zero-order chi connectivity index (χ0) is 10.7. The zero-order valence-corrected chi connectivity index (χ0v) is 9.06. The lowest BCUT2D eigenvalue weighted by Gasteiger charge is -2.19. The van der Waals surface area contributed by atoms with E-state index in [4.69, 9.17) is 9.84 Å². The van der Waals surface area contributed by atoms with Gasteiger partial charge in [0.1, 0.15) is 6.10 Å². The van der Waals surface area contributed by atoms with E-state index in [0.717, 1.165) is 6.42 Å². The zero-order valence-electron chi connectivity index (χ0n) is 9.06. The largest absolute Gasteiger partial charge is 0.384 e. The van der Waals surface area contributed by atoms with Crippen molar-refractivity contribution in [3.8, 4) is 0 Å². The number of carbonyl (C=O) groups excluding carboxylic acids is 1. The molecule has 0 bridgehead atoms. The van der Waals surface area contributed by atoms with Gasteiger partial charge in [-0.25, -0.2) is 0 Å². The van der Waals surface area contributed by atoms with Crippen molar-refractivity contribution < 1.29 is 14.6 Å². The summed E-state index contributed by atoms with van der Waals surface area (Å²) in [4.78, 5) is 13.1. The summed E-state index contributed by atoms with van der Waals surface area (Å²) < 4.78 is 5.60. The maximum Gasteiger partial charge on any atom is 0.251 e. The summed E-state index contributed by atoms with van der Waals surface area (Å²) in [6.07, 6.45) is 0.309. The van der Waals surface area contributed by atoms with E-state index in [9.17, 15) is 4.79 Å². The smallest absolute Gasteiger partial charge is 0.251 e. The summed E-state index contributed by atoms with van der Waals surface area (Å²) in [6, 6.07) is 0. The lowest BCUT2D eigenvalue weighted by atomic mass is 10.3. The van der Waals surface area contributed by atoms with Crippen molar-refractivity contribution in [2.75, 3.05) is 13.1 Å².